The van der Waals surface area contributed by atoms with Crippen molar-refractivity contribution in [3.8, 4) is 0 Å². The normalized spacial score (nSPS) is 23.7. The number of carbonyl (C=O) groups is 2. The van der Waals surface area contributed by atoms with Crippen molar-refractivity contribution in [3.63, 3.8) is 0 Å². The minimum absolute atomic E-state index is 0.0897. The van der Waals surface area contributed by atoms with Crippen LogP contribution in [0.3, 0.4) is 0 Å². The molecule has 0 N–H and O–H groups in total. The molecule has 0 saturated heterocycles. The van der Waals surface area contributed by atoms with Gasteiger partial charge in [-0.25, -0.2) is 0 Å². The van der Waals surface area contributed by atoms with Crippen molar-refractivity contribution in [1.82, 2.24) is 0 Å². The van der Waals surface area contributed by atoms with Gasteiger partial charge in [0, 0.05) is 12.3 Å². The third kappa shape index (κ3) is 3.91. The number of ketones is 1. The summed E-state index contributed by atoms with van der Waals surface area (Å²) in [6, 6.07) is 9.66. The van der Waals surface area contributed by atoms with Crippen molar-refractivity contribution in [2.75, 3.05) is 0 Å². The number of hydrogen-bond donors (Lipinski definition) is 0. The fourth-order valence-electron chi connectivity index (χ4n) is 2.40. The van der Waals surface area contributed by atoms with Crippen LogP contribution in [0.4, 0.5) is 0 Å². The van der Waals surface area contributed by atoms with Crippen molar-refractivity contribution in [2.24, 2.45) is 11.8 Å². The zero-order valence-electron chi connectivity index (χ0n) is 11.3. The Morgan fingerprint density at radius 2 is 1.95 bits per heavy atom. The average Bonchev–Trinajstić information content (AvgIpc) is 2.60. The van der Waals surface area contributed by atoms with E-state index in [0.717, 1.165) is 18.4 Å². The average molecular weight is 260 g/mol. The molecule has 3 heteroatoms. The van der Waals surface area contributed by atoms with E-state index < -0.39 is 0 Å². The number of hydrogen-bond acceptors (Lipinski definition) is 3. The van der Waals surface area contributed by atoms with E-state index in [9.17, 15) is 9.59 Å². The van der Waals surface area contributed by atoms with Crippen LogP contribution in [0.15, 0.2) is 30.3 Å². The summed E-state index contributed by atoms with van der Waals surface area (Å²) in [5.74, 6) is 0.0913. The third-order valence-electron chi connectivity index (χ3n) is 3.79. The van der Waals surface area contributed by atoms with E-state index in [1.165, 1.54) is 0 Å². The van der Waals surface area contributed by atoms with Gasteiger partial charge < -0.3 is 4.74 Å². The standard InChI is InChI=1S/C16H20O3/c1-12-7-8-14(9-10-15(12)17)16(18)19-11-13-5-3-2-4-6-13/h2-6,12,14H,7-11H2,1H3. The molecule has 0 radical (unpaired) electrons. The number of benzene rings is 1. The molecule has 0 heterocycles. The summed E-state index contributed by atoms with van der Waals surface area (Å²) in [7, 11) is 0. The lowest BCUT2D eigenvalue weighted by Gasteiger charge is -2.13. The minimum atomic E-state index is -0.161. The highest BCUT2D eigenvalue weighted by Gasteiger charge is 2.27. The van der Waals surface area contributed by atoms with Gasteiger partial charge in [-0.05, 0) is 24.8 Å². The molecule has 1 aromatic rings. The summed E-state index contributed by atoms with van der Waals surface area (Å²) in [4.78, 5) is 23.6. The second-order valence-electron chi connectivity index (χ2n) is 5.27. The highest BCUT2D eigenvalue weighted by Crippen LogP contribution is 2.25. The molecule has 19 heavy (non-hydrogen) atoms. The molecule has 1 aliphatic carbocycles. The molecule has 0 aromatic heterocycles. The smallest absolute Gasteiger partial charge is 0.309 e. The minimum Gasteiger partial charge on any atom is -0.461 e. The van der Waals surface area contributed by atoms with E-state index in [-0.39, 0.29) is 23.6 Å². The van der Waals surface area contributed by atoms with Crippen LogP contribution in [-0.2, 0) is 20.9 Å². The lowest BCUT2D eigenvalue weighted by atomic mass is 9.99. The van der Waals surface area contributed by atoms with E-state index in [0.29, 0.717) is 19.4 Å². The first-order valence-electron chi connectivity index (χ1n) is 6.90. The van der Waals surface area contributed by atoms with Gasteiger partial charge in [-0.15, -0.1) is 0 Å². The van der Waals surface area contributed by atoms with E-state index in [2.05, 4.69) is 0 Å². The van der Waals surface area contributed by atoms with Crippen LogP contribution < -0.4 is 0 Å². The van der Waals surface area contributed by atoms with Crippen LogP contribution in [0.1, 0.15) is 38.2 Å². The Morgan fingerprint density at radius 1 is 1.21 bits per heavy atom. The van der Waals surface area contributed by atoms with Gasteiger partial charge in [0.25, 0.3) is 0 Å². The molecule has 2 unspecified atom stereocenters. The van der Waals surface area contributed by atoms with Crippen LogP contribution in [0, 0.1) is 11.8 Å². The van der Waals surface area contributed by atoms with Gasteiger partial charge in [-0.2, -0.15) is 0 Å². The molecule has 0 aliphatic heterocycles. The first-order chi connectivity index (χ1) is 9.16. The molecular formula is C16H20O3. The number of esters is 1. The molecule has 0 bridgehead atoms. The van der Waals surface area contributed by atoms with E-state index in [4.69, 9.17) is 4.74 Å². The molecule has 2 rings (SSSR count). The molecule has 1 saturated carbocycles. The summed E-state index contributed by atoms with van der Waals surface area (Å²) >= 11 is 0. The summed E-state index contributed by atoms with van der Waals surface area (Å²) in [6.45, 7) is 2.26. The number of Topliss-reactive ketones (excluding diaryl/α,β-unsaturated/α-hetero) is 1. The van der Waals surface area contributed by atoms with E-state index in [1.54, 1.807) is 0 Å². The molecule has 1 aromatic carbocycles. The zero-order valence-corrected chi connectivity index (χ0v) is 11.3. The molecule has 3 nitrogen and oxygen atoms in total. The van der Waals surface area contributed by atoms with Crippen LogP contribution in [0.2, 0.25) is 0 Å². The Bertz CT molecular complexity index is 439. The van der Waals surface area contributed by atoms with Gasteiger partial charge in [0.15, 0.2) is 0 Å². The predicted octanol–water partition coefficient (Wildman–Crippen LogP) is 3.13. The molecule has 2 atom stereocenters. The first-order valence-corrected chi connectivity index (χ1v) is 6.90. The van der Waals surface area contributed by atoms with Gasteiger partial charge in [0.05, 0.1) is 5.92 Å². The molecular weight excluding hydrogens is 240 g/mol. The van der Waals surface area contributed by atoms with E-state index >= 15 is 0 Å². The van der Waals surface area contributed by atoms with Crippen LogP contribution in [0.5, 0.6) is 0 Å². The van der Waals surface area contributed by atoms with Crippen molar-refractivity contribution in [2.45, 2.75) is 39.2 Å². The Kier molecular flexibility index (Phi) is 4.72. The summed E-state index contributed by atoms with van der Waals surface area (Å²) < 4.78 is 5.34. The molecule has 1 aliphatic rings. The van der Waals surface area contributed by atoms with Crippen molar-refractivity contribution in [3.05, 3.63) is 35.9 Å². The molecule has 0 amide bonds. The van der Waals surface area contributed by atoms with E-state index in [1.807, 2.05) is 37.3 Å². The maximum atomic E-state index is 12.0. The SMILES string of the molecule is CC1CCC(C(=O)OCc2ccccc2)CCC1=O. The summed E-state index contributed by atoms with van der Waals surface area (Å²) in [5.41, 5.74) is 0.994. The fraction of sp³-hybridized carbons (Fsp3) is 0.500. The van der Waals surface area contributed by atoms with Gasteiger partial charge in [-0.3, -0.25) is 9.59 Å². The maximum Gasteiger partial charge on any atom is 0.309 e. The quantitative estimate of drug-likeness (QED) is 0.619. The van der Waals surface area contributed by atoms with Crippen LogP contribution in [0.25, 0.3) is 0 Å². The zero-order chi connectivity index (χ0) is 13.7. The van der Waals surface area contributed by atoms with Gasteiger partial charge in [0.1, 0.15) is 12.4 Å². The topological polar surface area (TPSA) is 43.4 Å². The van der Waals surface area contributed by atoms with Gasteiger partial charge in [-0.1, -0.05) is 37.3 Å². The predicted molar refractivity (Wildman–Crippen MR) is 72.4 cm³/mol. The number of carbonyl (C=O) groups excluding carboxylic acids is 2. The lowest BCUT2D eigenvalue weighted by molar-refractivity contribution is -0.150. The monoisotopic (exact) mass is 260 g/mol. The Balaban J connectivity index is 1.84. The van der Waals surface area contributed by atoms with Gasteiger partial charge in [0.2, 0.25) is 0 Å². The first kappa shape index (κ1) is 13.8. The fourth-order valence-corrected chi connectivity index (χ4v) is 2.40. The number of ether oxygens (including phenoxy) is 1. The highest BCUT2D eigenvalue weighted by molar-refractivity contribution is 5.82. The molecule has 102 valence electrons. The second-order valence-corrected chi connectivity index (χ2v) is 5.27. The highest BCUT2D eigenvalue weighted by atomic mass is 16.5. The van der Waals surface area contributed by atoms with Crippen molar-refractivity contribution >= 4 is 11.8 Å². The second kappa shape index (κ2) is 6.50. The lowest BCUT2D eigenvalue weighted by Crippen LogP contribution is -2.17. The van der Waals surface area contributed by atoms with Gasteiger partial charge >= 0.3 is 5.97 Å². The van der Waals surface area contributed by atoms with Crippen LogP contribution >= 0.6 is 0 Å². The van der Waals surface area contributed by atoms with Crippen molar-refractivity contribution in [1.29, 1.82) is 0 Å². The Hall–Kier alpha value is -1.64. The number of rotatable bonds is 3. The molecule has 1 fully saturated rings. The van der Waals surface area contributed by atoms with Crippen molar-refractivity contribution < 1.29 is 14.3 Å². The Labute approximate surface area is 114 Å². The maximum absolute atomic E-state index is 12.0. The summed E-state index contributed by atoms with van der Waals surface area (Å²) in [5, 5.41) is 0. The Morgan fingerprint density at radius 3 is 2.68 bits per heavy atom. The largest absolute Gasteiger partial charge is 0.461 e. The third-order valence-corrected chi connectivity index (χ3v) is 3.79. The summed E-state index contributed by atoms with van der Waals surface area (Å²) in [6.07, 6.45) is 2.70. The van der Waals surface area contributed by atoms with Crippen LogP contribution in [-0.4, -0.2) is 11.8 Å². The molecule has 0 spiro atoms.